The third kappa shape index (κ3) is 3.87. The van der Waals surface area contributed by atoms with Gasteiger partial charge >= 0.3 is 0 Å². The largest absolute Gasteiger partial charge is 0.496 e. The van der Waals surface area contributed by atoms with Crippen molar-refractivity contribution < 1.29 is 14.2 Å². The van der Waals surface area contributed by atoms with Gasteiger partial charge in [-0.1, -0.05) is 12.5 Å². The lowest BCUT2D eigenvalue weighted by atomic mass is 9.95. The number of methoxy groups -OCH3 is 3. The molecule has 1 aromatic heterocycles. The smallest absolute Gasteiger partial charge is 0.164 e. The van der Waals surface area contributed by atoms with Crippen LogP contribution >= 0.6 is 0 Å². The number of hydrogen-bond acceptors (Lipinski definition) is 5. The third-order valence-corrected chi connectivity index (χ3v) is 4.84. The molecule has 1 aliphatic rings. The van der Waals surface area contributed by atoms with Crippen molar-refractivity contribution in [3.05, 3.63) is 47.8 Å². The fourth-order valence-corrected chi connectivity index (χ4v) is 3.57. The van der Waals surface area contributed by atoms with Gasteiger partial charge < -0.3 is 14.2 Å². The molecule has 0 radical (unpaired) electrons. The Morgan fingerprint density at radius 3 is 2.48 bits per heavy atom. The predicted octanol–water partition coefficient (Wildman–Crippen LogP) is 3.83. The van der Waals surface area contributed by atoms with Crippen LogP contribution in [0.4, 0.5) is 0 Å². The third-order valence-electron chi connectivity index (χ3n) is 4.84. The van der Waals surface area contributed by atoms with E-state index in [1.54, 1.807) is 21.3 Å². The highest BCUT2D eigenvalue weighted by Crippen LogP contribution is 2.38. The van der Waals surface area contributed by atoms with Crippen molar-refractivity contribution in [3.63, 3.8) is 0 Å². The minimum absolute atomic E-state index is 0.389. The molecular formula is C20H26N2O3. The molecule has 1 fully saturated rings. The maximum absolute atomic E-state index is 5.60. The Hall–Kier alpha value is -2.27. The maximum Gasteiger partial charge on any atom is 0.164 e. The molecular weight excluding hydrogens is 316 g/mol. The van der Waals surface area contributed by atoms with Crippen LogP contribution in [0.2, 0.25) is 0 Å². The molecule has 0 bridgehead atoms. The van der Waals surface area contributed by atoms with Gasteiger partial charge in [0.1, 0.15) is 5.75 Å². The van der Waals surface area contributed by atoms with Crippen molar-refractivity contribution >= 4 is 0 Å². The van der Waals surface area contributed by atoms with Gasteiger partial charge in [0, 0.05) is 36.6 Å². The zero-order valence-electron chi connectivity index (χ0n) is 15.2. The number of hydrogen-bond donors (Lipinski definition) is 0. The van der Waals surface area contributed by atoms with Crippen LogP contribution in [0.25, 0.3) is 0 Å². The van der Waals surface area contributed by atoms with Crippen LogP contribution in [-0.2, 0) is 6.54 Å². The molecule has 1 saturated heterocycles. The highest BCUT2D eigenvalue weighted by molar-refractivity contribution is 5.50. The second kappa shape index (κ2) is 8.21. The Kier molecular flexibility index (Phi) is 5.76. The van der Waals surface area contributed by atoms with Crippen LogP contribution in [-0.4, -0.2) is 37.8 Å². The number of nitrogens with zero attached hydrogens (tertiary/aromatic N) is 2. The lowest BCUT2D eigenvalue weighted by Crippen LogP contribution is -2.33. The monoisotopic (exact) mass is 342 g/mol. The number of pyridine rings is 1. The van der Waals surface area contributed by atoms with Gasteiger partial charge in [0.05, 0.1) is 21.3 Å². The van der Waals surface area contributed by atoms with Crippen molar-refractivity contribution in [2.24, 2.45) is 0 Å². The van der Waals surface area contributed by atoms with Gasteiger partial charge in [-0.25, -0.2) is 0 Å². The van der Waals surface area contributed by atoms with E-state index in [0.29, 0.717) is 11.8 Å². The van der Waals surface area contributed by atoms with Crippen molar-refractivity contribution in [1.29, 1.82) is 0 Å². The minimum atomic E-state index is 0.389. The summed E-state index contributed by atoms with van der Waals surface area (Å²) < 4.78 is 16.5. The Morgan fingerprint density at radius 2 is 1.80 bits per heavy atom. The Balaban J connectivity index is 1.89. The van der Waals surface area contributed by atoms with Gasteiger partial charge in [-0.15, -0.1) is 0 Å². The molecule has 1 aliphatic heterocycles. The molecule has 0 amide bonds. The Bertz CT molecular complexity index is 691. The van der Waals surface area contributed by atoms with E-state index in [9.17, 15) is 0 Å². The molecule has 5 heteroatoms. The molecule has 0 aliphatic carbocycles. The second-order valence-electron chi connectivity index (χ2n) is 6.29. The standard InChI is InChI=1S/C20H26N2O3/c1-23-18-12-20(25-3)19(24-2)11-16(18)14-22-10-5-4-8-17(22)15-7-6-9-21-13-15/h6-7,9,11-13,17H,4-5,8,10,14H2,1-3H3/t17-/m0/s1. The molecule has 0 saturated carbocycles. The lowest BCUT2D eigenvalue weighted by molar-refractivity contribution is 0.138. The van der Waals surface area contributed by atoms with Gasteiger partial charge in [-0.05, 0) is 37.1 Å². The summed E-state index contributed by atoms with van der Waals surface area (Å²) >= 11 is 0. The average molecular weight is 342 g/mol. The first-order valence-electron chi connectivity index (χ1n) is 8.69. The molecule has 2 aromatic rings. The van der Waals surface area contributed by atoms with Gasteiger partial charge in [0.2, 0.25) is 0 Å². The fourth-order valence-electron chi connectivity index (χ4n) is 3.57. The topological polar surface area (TPSA) is 43.8 Å². The predicted molar refractivity (Wildman–Crippen MR) is 97.3 cm³/mol. The Labute approximate surface area is 149 Å². The van der Waals surface area contributed by atoms with E-state index >= 15 is 0 Å². The summed E-state index contributed by atoms with van der Waals surface area (Å²) in [6.45, 7) is 1.88. The number of rotatable bonds is 6. The maximum atomic E-state index is 5.60. The highest BCUT2D eigenvalue weighted by atomic mass is 16.5. The Morgan fingerprint density at radius 1 is 1.04 bits per heavy atom. The normalized spacial score (nSPS) is 18.0. The van der Waals surface area contributed by atoms with E-state index in [2.05, 4.69) is 16.0 Å². The van der Waals surface area contributed by atoms with Crippen LogP contribution in [0.1, 0.15) is 36.4 Å². The summed E-state index contributed by atoms with van der Waals surface area (Å²) in [6, 6.07) is 8.49. The molecule has 1 aromatic carbocycles. The molecule has 134 valence electrons. The van der Waals surface area contributed by atoms with Crippen LogP contribution in [0.5, 0.6) is 17.2 Å². The van der Waals surface area contributed by atoms with Crippen molar-refractivity contribution in [2.75, 3.05) is 27.9 Å². The summed E-state index contributed by atoms with van der Waals surface area (Å²) in [4.78, 5) is 6.80. The van der Waals surface area contributed by atoms with Crippen molar-refractivity contribution in [1.82, 2.24) is 9.88 Å². The minimum Gasteiger partial charge on any atom is -0.496 e. The average Bonchev–Trinajstić information content (AvgIpc) is 2.68. The van der Waals surface area contributed by atoms with E-state index in [0.717, 1.165) is 36.6 Å². The van der Waals surface area contributed by atoms with E-state index < -0.39 is 0 Å². The van der Waals surface area contributed by atoms with Gasteiger partial charge in [-0.3, -0.25) is 9.88 Å². The van der Waals surface area contributed by atoms with Gasteiger partial charge in [-0.2, -0.15) is 0 Å². The molecule has 5 nitrogen and oxygen atoms in total. The first-order chi connectivity index (χ1) is 12.3. The number of aromatic nitrogens is 1. The second-order valence-corrected chi connectivity index (χ2v) is 6.29. The van der Waals surface area contributed by atoms with Crippen LogP contribution in [0.3, 0.4) is 0 Å². The quantitative estimate of drug-likeness (QED) is 0.798. The van der Waals surface area contributed by atoms with E-state index in [-0.39, 0.29) is 0 Å². The van der Waals surface area contributed by atoms with Crippen LogP contribution < -0.4 is 14.2 Å². The van der Waals surface area contributed by atoms with Gasteiger partial charge in [0.25, 0.3) is 0 Å². The number of likely N-dealkylation sites (tertiary alicyclic amines) is 1. The molecule has 0 N–H and O–H groups in total. The fraction of sp³-hybridized carbons (Fsp3) is 0.450. The number of ether oxygens (including phenoxy) is 3. The summed E-state index contributed by atoms with van der Waals surface area (Å²) in [5, 5.41) is 0. The van der Waals surface area contributed by atoms with Crippen molar-refractivity contribution in [3.8, 4) is 17.2 Å². The highest BCUT2D eigenvalue weighted by Gasteiger charge is 2.25. The lowest BCUT2D eigenvalue weighted by Gasteiger charge is -2.36. The molecule has 25 heavy (non-hydrogen) atoms. The summed E-state index contributed by atoms with van der Waals surface area (Å²) in [7, 11) is 4.99. The summed E-state index contributed by atoms with van der Waals surface area (Å²) in [5.41, 5.74) is 2.39. The van der Waals surface area contributed by atoms with E-state index in [1.165, 1.54) is 18.4 Å². The molecule has 2 heterocycles. The molecule has 0 spiro atoms. The first kappa shape index (κ1) is 17.5. The SMILES string of the molecule is COc1cc(OC)c(OC)cc1CN1CCCC[C@H]1c1cccnc1. The van der Waals surface area contributed by atoms with Crippen LogP contribution in [0, 0.1) is 0 Å². The van der Waals surface area contributed by atoms with E-state index in [1.807, 2.05) is 30.6 Å². The molecule has 3 rings (SSSR count). The number of benzene rings is 1. The summed E-state index contributed by atoms with van der Waals surface area (Å²) in [5.74, 6) is 2.24. The van der Waals surface area contributed by atoms with Crippen molar-refractivity contribution in [2.45, 2.75) is 31.8 Å². The number of piperidine rings is 1. The van der Waals surface area contributed by atoms with E-state index in [4.69, 9.17) is 14.2 Å². The molecule has 1 atom stereocenters. The summed E-state index contributed by atoms with van der Waals surface area (Å²) in [6.07, 6.45) is 7.43. The van der Waals surface area contributed by atoms with Gasteiger partial charge in [0.15, 0.2) is 11.5 Å². The zero-order chi connectivity index (χ0) is 17.6. The zero-order valence-corrected chi connectivity index (χ0v) is 15.2. The first-order valence-corrected chi connectivity index (χ1v) is 8.69. The molecule has 0 unspecified atom stereocenters. The van der Waals surface area contributed by atoms with Crippen LogP contribution in [0.15, 0.2) is 36.7 Å².